The number of hydrogen-bond acceptors (Lipinski definition) is 6. The van der Waals surface area contributed by atoms with E-state index in [9.17, 15) is 22.4 Å². The zero-order valence-electron chi connectivity index (χ0n) is 19.2. The predicted molar refractivity (Wildman–Crippen MR) is 129 cm³/mol. The van der Waals surface area contributed by atoms with Crippen LogP contribution in [0.5, 0.6) is 0 Å². The lowest BCUT2D eigenvalue weighted by atomic mass is 10.1. The van der Waals surface area contributed by atoms with E-state index < -0.39 is 27.5 Å². The van der Waals surface area contributed by atoms with Crippen molar-refractivity contribution in [2.75, 3.05) is 11.6 Å². The molecule has 2 amide bonds. The highest BCUT2D eigenvalue weighted by molar-refractivity contribution is 7.90. The molecule has 0 aliphatic carbocycles. The van der Waals surface area contributed by atoms with Gasteiger partial charge in [0.1, 0.15) is 11.5 Å². The van der Waals surface area contributed by atoms with Crippen molar-refractivity contribution >= 4 is 38.2 Å². The first-order valence-electron chi connectivity index (χ1n) is 10.5. The van der Waals surface area contributed by atoms with E-state index in [1.807, 2.05) is 0 Å². The summed E-state index contributed by atoms with van der Waals surface area (Å²) < 4.78 is 39.6. The Morgan fingerprint density at radius 3 is 2.43 bits per heavy atom. The van der Waals surface area contributed by atoms with E-state index in [2.05, 4.69) is 15.4 Å². The molecule has 0 bridgehead atoms. The summed E-state index contributed by atoms with van der Waals surface area (Å²) >= 11 is 0. The van der Waals surface area contributed by atoms with Crippen LogP contribution >= 0.6 is 0 Å². The van der Waals surface area contributed by atoms with Gasteiger partial charge in [-0.25, -0.2) is 17.8 Å². The van der Waals surface area contributed by atoms with Crippen molar-refractivity contribution < 1.29 is 22.4 Å². The summed E-state index contributed by atoms with van der Waals surface area (Å²) in [5, 5.41) is 7.22. The van der Waals surface area contributed by atoms with Crippen LogP contribution in [0.2, 0.25) is 0 Å². The van der Waals surface area contributed by atoms with E-state index >= 15 is 0 Å². The number of hydrogen-bond donors (Lipinski definition) is 2. The average molecular weight is 496 g/mol. The molecule has 0 radical (unpaired) electrons. The first-order chi connectivity index (χ1) is 16.5. The average Bonchev–Trinajstić information content (AvgIpc) is 3.05. The first kappa shape index (κ1) is 24.0. The quantitative estimate of drug-likeness (QED) is 0.422. The molecule has 4 aromatic rings. The number of primary amides is 1. The summed E-state index contributed by atoms with van der Waals surface area (Å²) in [6.45, 7) is 3.82. The Morgan fingerprint density at radius 1 is 1.11 bits per heavy atom. The lowest BCUT2D eigenvalue weighted by Gasteiger charge is -2.11. The van der Waals surface area contributed by atoms with Crippen LogP contribution in [0.15, 0.2) is 53.4 Å². The molecule has 0 atom stereocenters. The van der Waals surface area contributed by atoms with Crippen LogP contribution in [0.3, 0.4) is 0 Å². The molecule has 2 aromatic heterocycles. The normalized spacial score (nSPS) is 11.5. The van der Waals surface area contributed by atoms with Crippen LogP contribution in [0.4, 0.5) is 10.1 Å². The van der Waals surface area contributed by atoms with E-state index in [0.717, 1.165) is 11.8 Å². The van der Waals surface area contributed by atoms with Gasteiger partial charge < -0.3 is 11.1 Å². The molecule has 0 fully saturated rings. The fraction of sp³-hybridized carbons (Fsp3) is 0.167. The lowest BCUT2D eigenvalue weighted by molar-refractivity contribution is 0.0996. The molecule has 0 aliphatic rings. The number of rotatable bonds is 6. The summed E-state index contributed by atoms with van der Waals surface area (Å²) in [6, 6.07) is 11.7. The van der Waals surface area contributed by atoms with Crippen LogP contribution in [0.1, 0.15) is 37.8 Å². The smallest absolute Gasteiger partial charge is 0.267 e. The highest BCUT2D eigenvalue weighted by Crippen LogP contribution is 2.26. The maximum absolute atomic E-state index is 14.6. The van der Waals surface area contributed by atoms with Crippen molar-refractivity contribution in [3.63, 3.8) is 0 Å². The Bertz CT molecular complexity index is 1590. The van der Waals surface area contributed by atoms with Crippen molar-refractivity contribution in [3.8, 4) is 0 Å². The second-order valence-electron chi connectivity index (χ2n) is 8.13. The van der Waals surface area contributed by atoms with Gasteiger partial charge in [0.15, 0.2) is 9.84 Å². The molecule has 0 saturated heterocycles. The Labute approximate surface area is 200 Å². The summed E-state index contributed by atoms with van der Waals surface area (Å²) in [5.41, 5.74) is 7.66. The topological polar surface area (TPSA) is 137 Å². The minimum absolute atomic E-state index is 0.0244. The molecule has 2 heterocycles. The lowest BCUT2D eigenvalue weighted by Crippen LogP contribution is -2.18. The van der Waals surface area contributed by atoms with Crippen molar-refractivity contribution in [1.29, 1.82) is 0 Å². The SMILES string of the molecule is Cc1nn(Cc2ccc(S(C)(=O)=O)cc2)c(C)c1NC(=O)c1cc(C(N)=O)nc2cccc(F)c12. The highest BCUT2D eigenvalue weighted by Gasteiger charge is 2.21. The number of aryl methyl sites for hydroxylation is 1. The fourth-order valence-electron chi connectivity index (χ4n) is 3.78. The van der Waals surface area contributed by atoms with E-state index in [1.165, 1.54) is 36.4 Å². The fourth-order valence-corrected chi connectivity index (χ4v) is 4.41. The van der Waals surface area contributed by atoms with Gasteiger partial charge in [-0.15, -0.1) is 0 Å². The summed E-state index contributed by atoms with van der Waals surface area (Å²) in [6.07, 6.45) is 1.14. The molecule has 11 heteroatoms. The van der Waals surface area contributed by atoms with Crippen molar-refractivity contribution in [1.82, 2.24) is 14.8 Å². The van der Waals surface area contributed by atoms with Crippen LogP contribution in [-0.4, -0.2) is 41.3 Å². The van der Waals surface area contributed by atoms with Crippen molar-refractivity contribution in [3.05, 3.63) is 82.6 Å². The van der Waals surface area contributed by atoms with Crippen LogP contribution in [-0.2, 0) is 16.4 Å². The number of halogens is 1. The van der Waals surface area contributed by atoms with Crippen LogP contribution in [0, 0.1) is 19.7 Å². The largest absolute Gasteiger partial charge is 0.364 e. The molecule has 0 saturated carbocycles. The minimum atomic E-state index is -3.30. The molecule has 35 heavy (non-hydrogen) atoms. The van der Waals surface area contributed by atoms with E-state index in [4.69, 9.17) is 5.73 Å². The number of carbonyl (C=O) groups is 2. The molecule has 0 spiro atoms. The number of fused-ring (bicyclic) bond motifs is 1. The van der Waals surface area contributed by atoms with Gasteiger partial charge in [-0.1, -0.05) is 18.2 Å². The van der Waals surface area contributed by atoms with Gasteiger partial charge in [0.05, 0.1) is 39.6 Å². The van der Waals surface area contributed by atoms with Gasteiger partial charge in [-0.2, -0.15) is 5.10 Å². The number of sulfone groups is 1. The first-order valence-corrected chi connectivity index (χ1v) is 12.4. The van der Waals surface area contributed by atoms with Gasteiger partial charge in [0, 0.05) is 11.6 Å². The third kappa shape index (κ3) is 4.76. The second kappa shape index (κ2) is 8.91. The van der Waals surface area contributed by atoms with E-state index in [0.29, 0.717) is 23.6 Å². The number of pyridine rings is 1. The molecule has 2 aromatic carbocycles. The summed E-state index contributed by atoms with van der Waals surface area (Å²) in [7, 11) is -3.30. The highest BCUT2D eigenvalue weighted by atomic mass is 32.2. The monoisotopic (exact) mass is 495 g/mol. The standard InChI is InChI=1S/C24H22FN5O4S/c1-13-22(14(2)30(29-13)12-15-7-9-16(10-8-15)35(3,33)34)28-24(32)17-11-20(23(26)31)27-19-6-4-5-18(25)21(17)19/h4-11H,12H2,1-3H3,(H2,26,31)(H,28,32). The number of nitrogens with one attached hydrogen (secondary N) is 1. The van der Waals surface area contributed by atoms with Gasteiger partial charge in [-0.3, -0.25) is 14.3 Å². The molecule has 3 N–H and O–H groups in total. The van der Waals surface area contributed by atoms with Crippen molar-refractivity contribution in [2.24, 2.45) is 5.73 Å². The number of aromatic nitrogens is 3. The zero-order valence-corrected chi connectivity index (χ0v) is 20.0. The Hall–Kier alpha value is -4.12. The number of benzene rings is 2. The second-order valence-corrected chi connectivity index (χ2v) is 10.1. The molecule has 9 nitrogen and oxygen atoms in total. The van der Waals surface area contributed by atoms with Gasteiger partial charge in [0.25, 0.3) is 11.8 Å². The summed E-state index contributed by atoms with van der Waals surface area (Å²) in [5.74, 6) is -2.14. The number of anilines is 1. The van der Waals surface area contributed by atoms with Crippen LogP contribution < -0.4 is 11.1 Å². The number of nitrogens with two attached hydrogens (primary N) is 1. The molecule has 180 valence electrons. The molecular weight excluding hydrogens is 473 g/mol. The third-order valence-electron chi connectivity index (χ3n) is 5.58. The Kier molecular flexibility index (Phi) is 6.12. The van der Waals surface area contributed by atoms with Gasteiger partial charge in [-0.05, 0) is 49.7 Å². The number of amides is 2. The van der Waals surface area contributed by atoms with E-state index in [-0.39, 0.29) is 27.1 Å². The Morgan fingerprint density at radius 2 is 1.80 bits per heavy atom. The minimum Gasteiger partial charge on any atom is -0.364 e. The maximum atomic E-state index is 14.6. The van der Waals surface area contributed by atoms with Crippen LogP contribution in [0.25, 0.3) is 10.9 Å². The van der Waals surface area contributed by atoms with Gasteiger partial charge >= 0.3 is 0 Å². The van der Waals surface area contributed by atoms with E-state index in [1.54, 1.807) is 30.7 Å². The molecule has 0 unspecified atom stereocenters. The predicted octanol–water partition coefficient (Wildman–Crippen LogP) is 2.99. The zero-order chi connectivity index (χ0) is 25.5. The molecule has 4 rings (SSSR count). The Balaban J connectivity index is 1.66. The molecular formula is C24H22FN5O4S. The number of nitrogens with zero attached hydrogens (tertiary/aromatic N) is 3. The molecule has 0 aliphatic heterocycles. The van der Waals surface area contributed by atoms with Gasteiger partial charge in [0.2, 0.25) is 0 Å². The number of carbonyl (C=O) groups excluding carboxylic acids is 2. The maximum Gasteiger partial charge on any atom is 0.267 e. The van der Waals surface area contributed by atoms with Crippen molar-refractivity contribution in [2.45, 2.75) is 25.3 Å². The third-order valence-corrected chi connectivity index (χ3v) is 6.71. The summed E-state index contributed by atoms with van der Waals surface area (Å²) in [4.78, 5) is 29.2.